The number of hydrogen-bond donors (Lipinski definition) is 2. The molecule has 2 rings (SSSR count). The van der Waals surface area contributed by atoms with E-state index in [1.807, 2.05) is 23.6 Å². The second-order valence-corrected chi connectivity index (χ2v) is 7.07. The van der Waals surface area contributed by atoms with Crippen molar-refractivity contribution in [2.24, 2.45) is 0 Å². The summed E-state index contributed by atoms with van der Waals surface area (Å²) in [6, 6.07) is 11.9. The Bertz CT molecular complexity index is 568. The highest BCUT2D eigenvalue weighted by atomic mass is 32.1. The predicted molar refractivity (Wildman–Crippen MR) is 90.2 cm³/mol. The van der Waals surface area contributed by atoms with E-state index in [2.05, 4.69) is 49.6 Å². The van der Waals surface area contributed by atoms with Crippen LogP contribution in [0.3, 0.4) is 0 Å². The van der Waals surface area contributed by atoms with Gasteiger partial charge in [0.2, 0.25) is 0 Å². The van der Waals surface area contributed by atoms with Crippen LogP contribution in [-0.4, -0.2) is 12.6 Å². The fourth-order valence-electron chi connectivity index (χ4n) is 1.98. The maximum absolute atomic E-state index is 11.8. The van der Waals surface area contributed by atoms with Crippen molar-refractivity contribution >= 4 is 23.1 Å². The Balaban J connectivity index is 1.79. The molecule has 0 aliphatic carbocycles. The van der Waals surface area contributed by atoms with Gasteiger partial charge in [0.25, 0.3) is 0 Å². The molecule has 0 spiro atoms. The lowest BCUT2D eigenvalue weighted by Gasteiger charge is -2.19. The van der Waals surface area contributed by atoms with Crippen molar-refractivity contribution in [1.82, 2.24) is 5.32 Å². The molecule has 1 heterocycles. The smallest absolute Gasteiger partial charge is 0.319 e. The summed E-state index contributed by atoms with van der Waals surface area (Å²) in [6.45, 7) is 7.17. The van der Waals surface area contributed by atoms with Crippen LogP contribution in [0.5, 0.6) is 0 Å². The molecule has 0 bridgehead atoms. The van der Waals surface area contributed by atoms with Gasteiger partial charge in [0.15, 0.2) is 0 Å². The number of thiophene rings is 1. The third-order valence-corrected chi connectivity index (χ3v) is 4.18. The Morgan fingerprint density at radius 1 is 1.14 bits per heavy atom. The zero-order valence-electron chi connectivity index (χ0n) is 12.8. The standard InChI is InChI=1S/C17H22N2OS/c1-17(2,3)13-6-8-14(9-7-13)19-16(20)18-11-10-15-5-4-12-21-15/h4-9,12H,10-11H2,1-3H3,(H2,18,19,20). The minimum atomic E-state index is -0.157. The molecule has 0 radical (unpaired) electrons. The number of rotatable bonds is 4. The lowest BCUT2D eigenvalue weighted by Crippen LogP contribution is -2.30. The van der Waals surface area contributed by atoms with Gasteiger partial charge in [-0.15, -0.1) is 11.3 Å². The summed E-state index contributed by atoms with van der Waals surface area (Å²) >= 11 is 1.71. The van der Waals surface area contributed by atoms with Gasteiger partial charge < -0.3 is 10.6 Å². The number of urea groups is 1. The second kappa shape index (κ2) is 6.76. The minimum absolute atomic E-state index is 0.126. The lowest BCUT2D eigenvalue weighted by molar-refractivity contribution is 0.252. The van der Waals surface area contributed by atoms with Crippen LogP contribution in [0.15, 0.2) is 41.8 Å². The summed E-state index contributed by atoms with van der Waals surface area (Å²) in [6.07, 6.45) is 0.869. The molecule has 0 aliphatic heterocycles. The quantitative estimate of drug-likeness (QED) is 0.863. The van der Waals surface area contributed by atoms with Crippen LogP contribution in [0.1, 0.15) is 31.2 Å². The van der Waals surface area contributed by atoms with E-state index < -0.39 is 0 Å². The molecule has 3 nitrogen and oxygen atoms in total. The molecule has 0 aliphatic rings. The summed E-state index contributed by atoms with van der Waals surface area (Å²) in [7, 11) is 0. The van der Waals surface area contributed by atoms with Gasteiger partial charge in [-0.05, 0) is 41.0 Å². The molecule has 2 N–H and O–H groups in total. The normalized spacial score (nSPS) is 11.2. The fourth-order valence-corrected chi connectivity index (χ4v) is 2.69. The highest BCUT2D eigenvalue weighted by molar-refractivity contribution is 7.09. The molecule has 0 atom stereocenters. The van der Waals surface area contributed by atoms with Crippen molar-refractivity contribution in [3.63, 3.8) is 0 Å². The molecule has 4 heteroatoms. The zero-order valence-corrected chi connectivity index (χ0v) is 13.6. The lowest BCUT2D eigenvalue weighted by atomic mass is 9.87. The SMILES string of the molecule is CC(C)(C)c1ccc(NC(=O)NCCc2cccs2)cc1. The Kier molecular flexibility index (Phi) is 5.02. The van der Waals surface area contributed by atoms with Gasteiger partial charge in [0, 0.05) is 17.1 Å². The van der Waals surface area contributed by atoms with Gasteiger partial charge in [-0.1, -0.05) is 39.0 Å². The van der Waals surface area contributed by atoms with E-state index in [0.29, 0.717) is 6.54 Å². The van der Waals surface area contributed by atoms with E-state index in [1.165, 1.54) is 10.4 Å². The van der Waals surface area contributed by atoms with E-state index in [9.17, 15) is 4.79 Å². The van der Waals surface area contributed by atoms with Gasteiger partial charge in [-0.3, -0.25) is 0 Å². The Morgan fingerprint density at radius 3 is 2.43 bits per heavy atom. The van der Waals surface area contributed by atoms with Crippen molar-refractivity contribution in [3.05, 3.63) is 52.2 Å². The average molecular weight is 302 g/mol. The van der Waals surface area contributed by atoms with Gasteiger partial charge in [-0.25, -0.2) is 4.79 Å². The molecule has 0 unspecified atom stereocenters. The Hall–Kier alpha value is -1.81. The number of carbonyl (C=O) groups is 1. The van der Waals surface area contributed by atoms with Crippen molar-refractivity contribution in [2.75, 3.05) is 11.9 Å². The van der Waals surface area contributed by atoms with Crippen LogP contribution in [0, 0.1) is 0 Å². The molecule has 2 aromatic rings. The number of benzene rings is 1. The molecule has 1 aromatic carbocycles. The van der Waals surface area contributed by atoms with Gasteiger partial charge >= 0.3 is 6.03 Å². The molecule has 2 amide bonds. The summed E-state index contributed by atoms with van der Waals surface area (Å²) < 4.78 is 0. The second-order valence-electron chi connectivity index (χ2n) is 6.04. The first-order valence-corrected chi connectivity index (χ1v) is 8.01. The topological polar surface area (TPSA) is 41.1 Å². The molecule has 0 saturated heterocycles. The molecule has 112 valence electrons. The van der Waals surface area contributed by atoms with E-state index in [1.54, 1.807) is 11.3 Å². The van der Waals surface area contributed by atoms with Crippen LogP contribution >= 0.6 is 11.3 Å². The molecule has 0 saturated carbocycles. The van der Waals surface area contributed by atoms with Crippen LogP contribution in [-0.2, 0) is 11.8 Å². The van der Waals surface area contributed by atoms with Gasteiger partial charge in [0.1, 0.15) is 0 Å². The van der Waals surface area contributed by atoms with Crippen LogP contribution in [0.25, 0.3) is 0 Å². The summed E-state index contributed by atoms with van der Waals surface area (Å²) in [5, 5.41) is 7.77. The number of hydrogen-bond acceptors (Lipinski definition) is 2. The van der Waals surface area contributed by atoms with Gasteiger partial charge in [0.05, 0.1) is 0 Å². The van der Waals surface area contributed by atoms with Crippen molar-refractivity contribution in [1.29, 1.82) is 0 Å². The Labute approximate surface area is 130 Å². The monoisotopic (exact) mass is 302 g/mol. The molecule has 1 aromatic heterocycles. The average Bonchev–Trinajstić information content (AvgIpc) is 2.91. The highest BCUT2D eigenvalue weighted by Crippen LogP contribution is 2.23. The molecule has 21 heavy (non-hydrogen) atoms. The number of anilines is 1. The number of amides is 2. The largest absolute Gasteiger partial charge is 0.338 e. The molecular formula is C17H22N2OS. The zero-order chi connectivity index (χ0) is 15.3. The van der Waals surface area contributed by atoms with Gasteiger partial charge in [-0.2, -0.15) is 0 Å². The first kappa shape index (κ1) is 15.6. The van der Waals surface area contributed by atoms with Crippen molar-refractivity contribution < 1.29 is 4.79 Å². The third-order valence-electron chi connectivity index (χ3n) is 3.25. The molecule has 0 fully saturated rings. The van der Waals surface area contributed by atoms with Crippen molar-refractivity contribution in [2.45, 2.75) is 32.6 Å². The summed E-state index contributed by atoms with van der Waals surface area (Å²) in [5.74, 6) is 0. The first-order valence-electron chi connectivity index (χ1n) is 7.13. The van der Waals surface area contributed by atoms with E-state index >= 15 is 0 Å². The van der Waals surface area contributed by atoms with Crippen LogP contribution in [0.2, 0.25) is 0 Å². The fraction of sp³-hybridized carbons (Fsp3) is 0.353. The first-order chi connectivity index (χ1) is 9.95. The maximum Gasteiger partial charge on any atom is 0.319 e. The molecular weight excluding hydrogens is 280 g/mol. The summed E-state index contributed by atoms with van der Waals surface area (Å²) in [4.78, 5) is 13.1. The number of nitrogens with one attached hydrogen (secondary N) is 2. The highest BCUT2D eigenvalue weighted by Gasteiger charge is 2.13. The Morgan fingerprint density at radius 2 is 1.86 bits per heavy atom. The van der Waals surface area contributed by atoms with E-state index in [4.69, 9.17) is 0 Å². The summed E-state index contributed by atoms with van der Waals surface area (Å²) in [5.41, 5.74) is 2.20. The van der Waals surface area contributed by atoms with Crippen molar-refractivity contribution in [3.8, 4) is 0 Å². The minimum Gasteiger partial charge on any atom is -0.338 e. The van der Waals surface area contributed by atoms with E-state index in [0.717, 1.165) is 12.1 Å². The van der Waals surface area contributed by atoms with E-state index in [-0.39, 0.29) is 11.4 Å². The van der Waals surface area contributed by atoms with Crippen LogP contribution < -0.4 is 10.6 Å². The third kappa shape index (κ3) is 4.90. The van der Waals surface area contributed by atoms with Crippen LogP contribution in [0.4, 0.5) is 10.5 Å². The maximum atomic E-state index is 11.8. The predicted octanol–water partition coefficient (Wildman–Crippen LogP) is 4.41. The number of carbonyl (C=O) groups excluding carboxylic acids is 1.